The number of fused-ring (bicyclic) bond motifs is 1. The Morgan fingerprint density at radius 2 is 1.07 bits per heavy atom. The Kier molecular flexibility index (Phi) is 11.8. The molecule has 0 saturated carbocycles. The Hall–Kier alpha value is -6.80. The number of phenolic OH excluding ortho intramolecular Hbond substituents is 1. The summed E-state index contributed by atoms with van der Waals surface area (Å²) in [6.45, 7) is 3.73. The highest BCUT2D eigenvalue weighted by molar-refractivity contribution is 7.86. The van der Waals surface area contributed by atoms with Crippen LogP contribution in [0.3, 0.4) is 0 Å². The monoisotopic (exact) mass is 825 g/mol. The Bertz CT molecular complexity index is 2850. The second kappa shape index (κ2) is 16.7. The van der Waals surface area contributed by atoms with E-state index in [2.05, 4.69) is 36.0 Å². The molecule has 0 spiro atoms. The van der Waals surface area contributed by atoms with Crippen molar-refractivity contribution in [1.29, 1.82) is 0 Å². The molecule has 0 aliphatic heterocycles. The zero-order valence-electron chi connectivity index (χ0n) is 31.4. The molecule has 0 aliphatic rings. The quantitative estimate of drug-likeness (QED) is 0.0630. The number of anilines is 2. The van der Waals surface area contributed by atoms with Crippen LogP contribution in [0.5, 0.6) is 23.0 Å². The third kappa shape index (κ3) is 9.24. The summed E-state index contributed by atoms with van der Waals surface area (Å²) >= 11 is 0. The minimum absolute atomic E-state index is 0.0625. The highest BCUT2D eigenvalue weighted by Gasteiger charge is 2.23. The first-order valence-corrected chi connectivity index (χ1v) is 19.8. The molecule has 0 saturated heterocycles. The molecule has 0 heterocycles. The molecular formula is C39H35N7O10S2. The molecule has 19 heteroatoms. The van der Waals surface area contributed by atoms with E-state index < -0.39 is 36.6 Å². The van der Waals surface area contributed by atoms with Crippen molar-refractivity contribution in [2.45, 2.75) is 23.6 Å². The van der Waals surface area contributed by atoms with E-state index >= 15 is 0 Å². The summed E-state index contributed by atoms with van der Waals surface area (Å²) < 4.78 is 83.7. The van der Waals surface area contributed by atoms with Gasteiger partial charge in [-0.15, -0.1) is 20.5 Å². The standard InChI is InChI=1S/C39H35N7O10S2/c1-22-6-8-25(9-7-22)40-27-12-15-29-24(17-27)18-37(58(51,52)53)38(39(29)47)46-45-33-21-35(55-4)32(20-36(33)56-5)44-43-31-16-23(2)30(19-34(31)54-3)42-41-26-10-13-28(14-11-26)57(48,49)50/h6-21,40,47H,1-5H3,(H,48,49,50)(H,51,52,53). The van der Waals surface area contributed by atoms with E-state index in [9.17, 15) is 31.0 Å². The topological polar surface area (TPSA) is 243 Å². The van der Waals surface area contributed by atoms with Crippen LogP contribution in [0.1, 0.15) is 11.1 Å². The molecule has 58 heavy (non-hydrogen) atoms. The van der Waals surface area contributed by atoms with Crippen LogP contribution in [0, 0.1) is 13.8 Å². The van der Waals surface area contributed by atoms with Gasteiger partial charge >= 0.3 is 0 Å². The van der Waals surface area contributed by atoms with E-state index in [0.717, 1.165) is 11.3 Å². The van der Waals surface area contributed by atoms with Gasteiger partial charge in [0.25, 0.3) is 20.2 Å². The zero-order valence-corrected chi connectivity index (χ0v) is 33.1. The van der Waals surface area contributed by atoms with Crippen molar-refractivity contribution in [2.24, 2.45) is 30.7 Å². The lowest BCUT2D eigenvalue weighted by molar-refractivity contribution is 0.404. The third-order valence-electron chi connectivity index (χ3n) is 8.58. The van der Waals surface area contributed by atoms with Crippen LogP contribution in [-0.2, 0) is 20.2 Å². The first-order valence-electron chi connectivity index (χ1n) is 17.0. The van der Waals surface area contributed by atoms with E-state index in [4.69, 9.17) is 14.2 Å². The summed E-state index contributed by atoms with van der Waals surface area (Å²) in [6.07, 6.45) is 0. The first kappa shape index (κ1) is 40.9. The van der Waals surface area contributed by atoms with Crippen LogP contribution < -0.4 is 19.5 Å². The molecule has 0 atom stereocenters. The number of methoxy groups -OCH3 is 3. The van der Waals surface area contributed by atoms with E-state index in [1.807, 2.05) is 31.2 Å². The number of aromatic hydroxyl groups is 1. The Balaban J connectivity index is 1.29. The van der Waals surface area contributed by atoms with E-state index in [0.29, 0.717) is 39.4 Å². The molecular weight excluding hydrogens is 791 g/mol. The van der Waals surface area contributed by atoms with Crippen LogP contribution in [0.2, 0.25) is 0 Å². The fourth-order valence-corrected chi connectivity index (χ4v) is 6.71. The Labute approximate surface area is 332 Å². The fourth-order valence-electron chi connectivity index (χ4n) is 5.57. The zero-order chi connectivity index (χ0) is 41.8. The maximum atomic E-state index is 12.6. The highest BCUT2D eigenvalue weighted by atomic mass is 32.2. The van der Waals surface area contributed by atoms with Gasteiger partial charge < -0.3 is 24.6 Å². The summed E-state index contributed by atoms with van der Waals surface area (Å²) in [5, 5.41) is 40.3. The van der Waals surface area contributed by atoms with E-state index in [1.165, 1.54) is 63.8 Å². The average Bonchev–Trinajstić information content (AvgIpc) is 3.19. The second-order valence-corrected chi connectivity index (χ2v) is 15.4. The van der Waals surface area contributed by atoms with Crippen molar-refractivity contribution in [3.05, 3.63) is 108 Å². The molecule has 6 aromatic carbocycles. The van der Waals surface area contributed by atoms with Gasteiger partial charge in [-0.3, -0.25) is 9.11 Å². The molecule has 0 radical (unpaired) electrons. The predicted octanol–water partition coefficient (Wildman–Crippen LogP) is 10.7. The smallest absolute Gasteiger partial charge is 0.296 e. The normalized spacial score (nSPS) is 12.2. The lowest BCUT2D eigenvalue weighted by Crippen LogP contribution is -1.99. The number of aryl methyl sites for hydroxylation is 2. The first-order chi connectivity index (χ1) is 27.6. The molecule has 0 fully saturated rings. The molecule has 0 unspecified atom stereocenters. The van der Waals surface area contributed by atoms with Gasteiger partial charge in [0.1, 0.15) is 44.9 Å². The molecule has 6 rings (SSSR count). The van der Waals surface area contributed by atoms with E-state index in [-0.39, 0.29) is 33.2 Å². The van der Waals surface area contributed by atoms with Crippen LogP contribution in [0.25, 0.3) is 10.8 Å². The van der Waals surface area contributed by atoms with E-state index in [1.54, 1.807) is 37.3 Å². The molecule has 6 aromatic rings. The number of rotatable bonds is 13. The van der Waals surface area contributed by atoms with Gasteiger partial charge in [-0.2, -0.15) is 27.1 Å². The SMILES string of the molecule is COc1cc(N=Nc2ccc(S(=O)(=O)O)cc2)c(C)cc1N=Nc1cc(OC)c(N=Nc2c(S(=O)(=O)O)cc3cc(Nc4ccc(C)cc4)ccc3c2O)cc1OC. The van der Waals surface area contributed by atoms with Crippen molar-refractivity contribution in [2.75, 3.05) is 26.6 Å². The van der Waals surface area contributed by atoms with Crippen molar-refractivity contribution < 1.29 is 45.3 Å². The Morgan fingerprint density at radius 1 is 0.552 bits per heavy atom. The van der Waals surface area contributed by atoms with Crippen LogP contribution >= 0.6 is 0 Å². The molecule has 0 amide bonds. The van der Waals surface area contributed by atoms with Crippen LogP contribution in [-0.4, -0.2) is 52.4 Å². The Morgan fingerprint density at radius 3 is 1.62 bits per heavy atom. The van der Waals surface area contributed by atoms with Crippen molar-refractivity contribution in [3.8, 4) is 23.0 Å². The van der Waals surface area contributed by atoms with Gasteiger partial charge in [0.15, 0.2) is 5.75 Å². The molecule has 0 aliphatic carbocycles. The summed E-state index contributed by atoms with van der Waals surface area (Å²) in [5.41, 5.74) is 3.99. The summed E-state index contributed by atoms with van der Waals surface area (Å²) in [6, 6.07) is 25.1. The number of phenols is 1. The van der Waals surface area contributed by atoms with Gasteiger partial charge in [0.2, 0.25) is 0 Å². The minimum atomic E-state index is -4.90. The number of nitrogens with zero attached hydrogens (tertiary/aromatic N) is 6. The maximum absolute atomic E-state index is 12.6. The van der Waals surface area contributed by atoms with Crippen molar-refractivity contribution in [1.82, 2.24) is 0 Å². The number of hydrogen-bond donors (Lipinski definition) is 4. The largest absolute Gasteiger partial charge is 0.505 e. The van der Waals surface area contributed by atoms with Gasteiger partial charge in [-0.1, -0.05) is 17.7 Å². The molecule has 4 N–H and O–H groups in total. The maximum Gasteiger partial charge on any atom is 0.296 e. The summed E-state index contributed by atoms with van der Waals surface area (Å²) in [7, 11) is -5.06. The lowest BCUT2D eigenvalue weighted by Gasteiger charge is -2.12. The number of ether oxygens (including phenoxy) is 3. The van der Waals surface area contributed by atoms with Crippen molar-refractivity contribution >= 4 is 76.5 Å². The predicted molar refractivity (Wildman–Crippen MR) is 216 cm³/mol. The molecule has 0 aromatic heterocycles. The summed E-state index contributed by atoms with van der Waals surface area (Å²) in [4.78, 5) is -0.944. The van der Waals surface area contributed by atoms with Crippen LogP contribution in [0.15, 0.2) is 138 Å². The van der Waals surface area contributed by atoms with Gasteiger partial charge in [-0.05, 0) is 91.5 Å². The lowest BCUT2D eigenvalue weighted by atomic mass is 10.1. The second-order valence-electron chi connectivity index (χ2n) is 12.5. The number of azo groups is 3. The molecule has 17 nitrogen and oxygen atoms in total. The highest BCUT2D eigenvalue weighted by Crippen LogP contribution is 2.45. The average molecular weight is 826 g/mol. The minimum Gasteiger partial charge on any atom is -0.505 e. The number of hydrogen-bond acceptors (Lipinski definition) is 15. The van der Waals surface area contributed by atoms with Gasteiger partial charge in [0, 0.05) is 35.0 Å². The third-order valence-corrected chi connectivity index (χ3v) is 10.3. The molecule has 0 bridgehead atoms. The van der Waals surface area contributed by atoms with Crippen LogP contribution in [0.4, 0.5) is 45.5 Å². The van der Waals surface area contributed by atoms with Crippen molar-refractivity contribution in [3.63, 3.8) is 0 Å². The number of nitrogens with one attached hydrogen (secondary N) is 1. The van der Waals surface area contributed by atoms with Gasteiger partial charge in [0.05, 0.1) is 37.6 Å². The fraction of sp³-hybridized carbons (Fsp3) is 0.128. The molecule has 298 valence electrons. The summed E-state index contributed by atoms with van der Waals surface area (Å²) in [5.74, 6) is 0.0663. The van der Waals surface area contributed by atoms with Gasteiger partial charge in [-0.25, -0.2) is 0 Å². The number of benzene rings is 6.